The Morgan fingerprint density at radius 1 is 1.09 bits per heavy atom. The molecular formula is C9H21NS. The quantitative estimate of drug-likeness (QED) is 0.496. The Kier molecular flexibility index (Phi) is 3.92. The summed E-state index contributed by atoms with van der Waals surface area (Å²) in [4.78, 5) is 0. The van der Waals surface area contributed by atoms with Crippen molar-refractivity contribution in [2.75, 3.05) is 12.4 Å². The van der Waals surface area contributed by atoms with Crippen LogP contribution in [0.2, 0.25) is 0 Å². The van der Waals surface area contributed by atoms with Crippen LogP contribution in [-0.2, 0) is 0 Å². The molecule has 0 rings (SSSR count). The Labute approximate surface area is 76.4 Å². The van der Waals surface area contributed by atoms with E-state index in [1.807, 2.05) is 0 Å². The molecule has 0 amide bonds. The van der Waals surface area contributed by atoms with Crippen LogP contribution in [0.4, 0.5) is 0 Å². The lowest BCUT2D eigenvalue weighted by Gasteiger charge is -2.39. The van der Waals surface area contributed by atoms with Crippen molar-refractivity contribution in [3.63, 3.8) is 0 Å². The summed E-state index contributed by atoms with van der Waals surface area (Å²) >= 11 is 4.12. The first-order valence-electron chi connectivity index (χ1n) is 4.13. The van der Waals surface area contributed by atoms with E-state index >= 15 is 0 Å². The van der Waals surface area contributed by atoms with E-state index in [1.165, 1.54) is 0 Å². The van der Waals surface area contributed by atoms with Gasteiger partial charge in [-0.3, -0.25) is 0 Å². The third kappa shape index (κ3) is 3.48. The highest BCUT2D eigenvalue weighted by atomic mass is 32.1. The molecule has 0 spiro atoms. The van der Waals surface area contributed by atoms with Crippen LogP contribution in [-0.4, -0.2) is 12.4 Å². The van der Waals surface area contributed by atoms with Crippen LogP contribution in [0.1, 0.15) is 34.6 Å². The Balaban J connectivity index is 4.00. The monoisotopic (exact) mass is 175 g/mol. The summed E-state index contributed by atoms with van der Waals surface area (Å²) in [6.07, 6.45) is 0. The van der Waals surface area contributed by atoms with Gasteiger partial charge < -0.3 is 5.32 Å². The maximum absolute atomic E-state index is 4.12. The van der Waals surface area contributed by atoms with E-state index in [1.54, 1.807) is 0 Å². The van der Waals surface area contributed by atoms with E-state index in [4.69, 9.17) is 0 Å². The first-order valence-corrected chi connectivity index (χ1v) is 4.76. The van der Waals surface area contributed by atoms with Crippen LogP contribution < -0.4 is 5.32 Å². The second kappa shape index (κ2) is 3.81. The van der Waals surface area contributed by atoms with Crippen molar-refractivity contribution in [3.8, 4) is 0 Å². The fourth-order valence-corrected chi connectivity index (χ4v) is 0.745. The number of nitrogens with one attached hydrogen (secondary N) is 1. The van der Waals surface area contributed by atoms with Crippen LogP contribution in [0, 0.1) is 10.8 Å². The summed E-state index contributed by atoms with van der Waals surface area (Å²) in [7, 11) is 0. The minimum Gasteiger partial charge on any atom is -0.308 e. The smallest absolute Gasteiger partial charge is 0.0387 e. The molecule has 2 heteroatoms. The van der Waals surface area contributed by atoms with Gasteiger partial charge in [0.1, 0.15) is 0 Å². The number of rotatable bonds is 3. The molecule has 0 heterocycles. The van der Waals surface area contributed by atoms with Crippen LogP contribution in [0.25, 0.3) is 0 Å². The van der Waals surface area contributed by atoms with Gasteiger partial charge in [0.15, 0.2) is 0 Å². The second-order valence-electron chi connectivity index (χ2n) is 4.72. The van der Waals surface area contributed by atoms with Gasteiger partial charge in [0, 0.05) is 12.4 Å². The van der Waals surface area contributed by atoms with Crippen molar-refractivity contribution in [2.24, 2.45) is 10.8 Å². The van der Waals surface area contributed by atoms with Crippen molar-refractivity contribution in [1.29, 1.82) is 0 Å². The SMILES string of the molecule is CC(C)(C)C(C)(C)CNCS. The summed E-state index contributed by atoms with van der Waals surface area (Å²) in [5.74, 6) is 0.763. The molecule has 0 saturated heterocycles. The van der Waals surface area contributed by atoms with Crippen LogP contribution in [0.15, 0.2) is 0 Å². The highest BCUT2D eigenvalue weighted by Crippen LogP contribution is 2.36. The fraction of sp³-hybridized carbons (Fsp3) is 1.00. The van der Waals surface area contributed by atoms with Crippen LogP contribution in [0.3, 0.4) is 0 Å². The second-order valence-corrected chi connectivity index (χ2v) is 5.04. The summed E-state index contributed by atoms with van der Waals surface area (Å²) in [6.45, 7) is 12.4. The predicted octanol–water partition coefficient (Wildman–Crippen LogP) is 2.54. The lowest BCUT2D eigenvalue weighted by atomic mass is 9.69. The van der Waals surface area contributed by atoms with Gasteiger partial charge in [-0.25, -0.2) is 0 Å². The summed E-state index contributed by atoms with van der Waals surface area (Å²) < 4.78 is 0. The highest BCUT2D eigenvalue weighted by molar-refractivity contribution is 7.80. The Bertz CT molecular complexity index is 113. The minimum atomic E-state index is 0.329. The normalized spacial score (nSPS) is 13.6. The van der Waals surface area contributed by atoms with Gasteiger partial charge in [-0.2, -0.15) is 12.6 Å². The maximum atomic E-state index is 4.12. The molecule has 1 nitrogen and oxygen atoms in total. The van der Waals surface area contributed by atoms with E-state index in [9.17, 15) is 0 Å². The Hall–Kier alpha value is 0.310. The largest absolute Gasteiger partial charge is 0.308 e. The van der Waals surface area contributed by atoms with Gasteiger partial charge in [-0.15, -0.1) is 0 Å². The molecule has 0 radical (unpaired) electrons. The van der Waals surface area contributed by atoms with E-state index in [-0.39, 0.29) is 0 Å². The van der Waals surface area contributed by atoms with Crippen molar-refractivity contribution in [3.05, 3.63) is 0 Å². The molecular weight excluding hydrogens is 154 g/mol. The van der Waals surface area contributed by atoms with E-state index in [0.29, 0.717) is 10.8 Å². The Morgan fingerprint density at radius 3 is 1.82 bits per heavy atom. The zero-order chi connectivity index (χ0) is 9.12. The molecule has 0 unspecified atom stereocenters. The average Bonchev–Trinajstić information content (AvgIpc) is 1.81. The third-order valence-electron chi connectivity index (χ3n) is 2.71. The molecule has 0 atom stereocenters. The highest BCUT2D eigenvalue weighted by Gasteiger charge is 2.31. The van der Waals surface area contributed by atoms with Gasteiger partial charge in [-0.05, 0) is 10.8 Å². The van der Waals surface area contributed by atoms with Crippen LogP contribution >= 0.6 is 12.6 Å². The summed E-state index contributed by atoms with van der Waals surface area (Å²) in [5, 5.41) is 3.26. The number of hydrogen-bond acceptors (Lipinski definition) is 2. The molecule has 0 aliphatic carbocycles. The van der Waals surface area contributed by atoms with Crippen molar-refractivity contribution in [2.45, 2.75) is 34.6 Å². The predicted molar refractivity (Wildman–Crippen MR) is 55.1 cm³/mol. The fourth-order valence-electron chi connectivity index (χ4n) is 0.634. The molecule has 0 aliphatic heterocycles. The van der Waals surface area contributed by atoms with Crippen molar-refractivity contribution >= 4 is 12.6 Å². The Morgan fingerprint density at radius 2 is 1.55 bits per heavy atom. The third-order valence-corrected chi connectivity index (χ3v) is 2.93. The standard InChI is InChI=1S/C9H21NS/c1-8(2,3)9(4,5)6-10-7-11/h10-11H,6-7H2,1-5H3. The van der Waals surface area contributed by atoms with Gasteiger partial charge in [0.25, 0.3) is 0 Å². The van der Waals surface area contributed by atoms with E-state index in [0.717, 1.165) is 12.4 Å². The molecule has 0 aliphatic rings. The molecule has 1 N–H and O–H groups in total. The molecule has 0 aromatic heterocycles. The van der Waals surface area contributed by atoms with E-state index < -0.39 is 0 Å². The molecule has 0 fully saturated rings. The molecule has 11 heavy (non-hydrogen) atoms. The summed E-state index contributed by atoms with van der Waals surface area (Å²) in [5.41, 5.74) is 0.679. The van der Waals surface area contributed by atoms with Gasteiger partial charge >= 0.3 is 0 Å². The minimum absolute atomic E-state index is 0.329. The molecule has 0 aromatic carbocycles. The van der Waals surface area contributed by atoms with Gasteiger partial charge in [-0.1, -0.05) is 34.6 Å². The van der Waals surface area contributed by atoms with E-state index in [2.05, 4.69) is 52.6 Å². The lowest BCUT2D eigenvalue weighted by molar-refractivity contribution is 0.132. The van der Waals surface area contributed by atoms with Crippen LogP contribution in [0.5, 0.6) is 0 Å². The number of thiol groups is 1. The zero-order valence-corrected chi connectivity index (χ0v) is 9.26. The first kappa shape index (κ1) is 11.3. The topological polar surface area (TPSA) is 12.0 Å². The van der Waals surface area contributed by atoms with Crippen molar-refractivity contribution < 1.29 is 0 Å². The maximum Gasteiger partial charge on any atom is 0.0387 e. The lowest BCUT2D eigenvalue weighted by Crippen LogP contribution is -2.39. The number of hydrogen-bond donors (Lipinski definition) is 2. The summed E-state index contributed by atoms with van der Waals surface area (Å²) in [6, 6.07) is 0. The van der Waals surface area contributed by atoms with Gasteiger partial charge in [0.2, 0.25) is 0 Å². The molecule has 0 bridgehead atoms. The van der Waals surface area contributed by atoms with Crippen molar-refractivity contribution in [1.82, 2.24) is 5.32 Å². The van der Waals surface area contributed by atoms with Gasteiger partial charge in [0.05, 0.1) is 0 Å². The molecule has 0 aromatic rings. The molecule has 68 valence electrons. The zero-order valence-electron chi connectivity index (χ0n) is 8.36. The molecule has 0 saturated carbocycles. The first-order chi connectivity index (χ1) is 4.81. The average molecular weight is 175 g/mol.